The molecule has 7 heteroatoms. The van der Waals surface area contributed by atoms with Gasteiger partial charge in [0.15, 0.2) is 0 Å². The molecule has 1 aliphatic rings. The van der Waals surface area contributed by atoms with Crippen LogP contribution in [0.4, 0.5) is 8.78 Å². The third-order valence-electron chi connectivity index (χ3n) is 3.16. The van der Waals surface area contributed by atoms with Crippen molar-refractivity contribution in [3.63, 3.8) is 0 Å². The Hall–Kier alpha value is -1.63. The predicted molar refractivity (Wildman–Crippen MR) is 69.9 cm³/mol. The molecule has 1 atom stereocenters. The lowest BCUT2D eigenvalue weighted by Gasteiger charge is -2.17. The first-order valence-electron chi connectivity index (χ1n) is 6.05. The molecule has 0 radical (unpaired) electrons. The lowest BCUT2D eigenvalue weighted by atomic mass is 10.1. The Morgan fingerprint density at radius 1 is 1.35 bits per heavy atom. The molecule has 1 fully saturated rings. The number of aliphatic carboxylic acids is 1. The van der Waals surface area contributed by atoms with Gasteiger partial charge >= 0.3 is 5.97 Å². The van der Waals surface area contributed by atoms with Gasteiger partial charge in [-0.05, 0) is 18.6 Å². The Bertz CT molecular complexity index is 524. The highest BCUT2D eigenvalue weighted by Crippen LogP contribution is 2.30. The second kappa shape index (κ2) is 6.21. The van der Waals surface area contributed by atoms with E-state index in [9.17, 15) is 18.4 Å². The van der Waals surface area contributed by atoms with E-state index < -0.39 is 23.6 Å². The van der Waals surface area contributed by atoms with Crippen LogP contribution in [0.25, 0.3) is 0 Å². The number of carboxylic acids is 1. The number of carbonyl (C=O) groups excluding carboxylic acids is 1. The van der Waals surface area contributed by atoms with Crippen LogP contribution in [0.1, 0.15) is 16.8 Å². The number of carboxylic acid groups (broad SMARTS) is 1. The summed E-state index contributed by atoms with van der Waals surface area (Å²) in [6.07, 6.45) is 0.394. The van der Waals surface area contributed by atoms with Crippen LogP contribution in [0.3, 0.4) is 0 Å². The Balaban J connectivity index is 2.16. The number of rotatable bonds is 4. The highest BCUT2D eigenvalue weighted by Gasteiger charge is 2.32. The molecule has 1 unspecified atom stereocenters. The summed E-state index contributed by atoms with van der Waals surface area (Å²) in [5.74, 6) is -4.50. The molecule has 1 amide bonds. The molecule has 2 rings (SSSR count). The molecular formula is C13H13F2NO3S. The first-order valence-corrected chi connectivity index (χ1v) is 6.93. The quantitative estimate of drug-likeness (QED) is 0.868. The van der Waals surface area contributed by atoms with Gasteiger partial charge < -0.3 is 10.0 Å². The summed E-state index contributed by atoms with van der Waals surface area (Å²) in [7, 11) is 0. The number of hydrogen-bond acceptors (Lipinski definition) is 3. The highest BCUT2D eigenvalue weighted by atomic mass is 32.2. The third-order valence-corrected chi connectivity index (χ3v) is 3.95. The maximum atomic E-state index is 12.5. The summed E-state index contributed by atoms with van der Waals surface area (Å²) in [6.45, 7) is 0.464. The predicted octanol–water partition coefficient (Wildman–Crippen LogP) is 2.55. The summed E-state index contributed by atoms with van der Waals surface area (Å²) in [5.41, 5.74) is 0.198. The van der Waals surface area contributed by atoms with Crippen LogP contribution in [-0.4, -0.2) is 40.7 Å². The minimum Gasteiger partial charge on any atom is -0.481 e. The molecule has 1 N–H and O–H groups in total. The molecular weight excluding hydrogens is 288 g/mol. The highest BCUT2D eigenvalue weighted by molar-refractivity contribution is 7.99. The largest absolute Gasteiger partial charge is 0.481 e. The first-order chi connectivity index (χ1) is 9.49. The third kappa shape index (κ3) is 3.27. The number of carbonyl (C=O) groups is 2. The lowest BCUT2D eigenvalue weighted by molar-refractivity contribution is -0.141. The minimum absolute atomic E-state index is 0.127. The first kappa shape index (κ1) is 14.8. The summed E-state index contributed by atoms with van der Waals surface area (Å²) in [6, 6.07) is 6.15. The zero-order valence-electron chi connectivity index (χ0n) is 10.5. The maximum Gasteiger partial charge on any atom is 0.308 e. The van der Waals surface area contributed by atoms with Gasteiger partial charge in [0.05, 0.1) is 11.5 Å². The van der Waals surface area contributed by atoms with Gasteiger partial charge in [-0.1, -0.05) is 23.9 Å². The van der Waals surface area contributed by atoms with Gasteiger partial charge in [-0.2, -0.15) is 8.78 Å². The van der Waals surface area contributed by atoms with Gasteiger partial charge in [-0.25, -0.2) is 0 Å². The van der Waals surface area contributed by atoms with Crippen LogP contribution in [0.5, 0.6) is 0 Å². The molecule has 4 nitrogen and oxygen atoms in total. The Labute approximate surface area is 118 Å². The number of halogens is 2. The van der Waals surface area contributed by atoms with Crippen LogP contribution in [0, 0.1) is 5.92 Å². The fraction of sp³-hybridized carbons (Fsp3) is 0.385. The Morgan fingerprint density at radius 2 is 2.05 bits per heavy atom. The van der Waals surface area contributed by atoms with Crippen molar-refractivity contribution >= 4 is 23.6 Å². The summed E-state index contributed by atoms with van der Waals surface area (Å²) >= 11 is 0.322. The van der Waals surface area contributed by atoms with Crippen LogP contribution in [0.2, 0.25) is 0 Å². The number of amides is 1. The topological polar surface area (TPSA) is 57.6 Å². The van der Waals surface area contributed by atoms with Gasteiger partial charge in [-0.15, -0.1) is 0 Å². The molecule has 1 heterocycles. The van der Waals surface area contributed by atoms with Gasteiger partial charge in [0.25, 0.3) is 11.7 Å². The van der Waals surface area contributed by atoms with E-state index >= 15 is 0 Å². The zero-order chi connectivity index (χ0) is 14.7. The van der Waals surface area contributed by atoms with Crippen LogP contribution >= 0.6 is 11.8 Å². The van der Waals surface area contributed by atoms with E-state index in [0.717, 1.165) is 0 Å². The smallest absolute Gasteiger partial charge is 0.308 e. The van der Waals surface area contributed by atoms with E-state index in [1.807, 2.05) is 0 Å². The van der Waals surface area contributed by atoms with E-state index in [2.05, 4.69) is 0 Å². The molecule has 108 valence electrons. The normalized spacial score (nSPS) is 18.6. The number of alkyl halides is 2. The molecule has 0 saturated carbocycles. The van der Waals surface area contributed by atoms with Gasteiger partial charge in [0.1, 0.15) is 0 Å². The number of likely N-dealkylation sites (tertiary alicyclic amines) is 1. The number of nitrogens with zero attached hydrogens (tertiary/aromatic N) is 1. The molecule has 0 aromatic heterocycles. The van der Waals surface area contributed by atoms with Crippen molar-refractivity contribution in [2.75, 3.05) is 13.1 Å². The van der Waals surface area contributed by atoms with E-state index in [1.165, 1.54) is 17.0 Å². The van der Waals surface area contributed by atoms with Crippen molar-refractivity contribution in [2.24, 2.45) is 5.92 Å². The SMILES string of the molecule is O=C(O)C1CCN(C(=O)c2ccccc2SC(F)F)C1. The van der Waals surface area contributed by atoms with Gasteiger partial charge in [-0.3, -0.25) is 9.59 Å². The molecule has 1 aromatic rings. The maximum absolute atomic E-state index is 12.5. The van der Waals surface area contributed by atoms with Crippen molar-refractivity contribution in [1.29, 1.82) is 0 Å². The second-order valence-electron chi connectivity index (χ2n) is 4.45. The lowest BCUT2D eigenvalue weighted by Crippen LogP contribution is -2.30. The monoisotopic (exact) mass is 301 g/mol. The summed E-state index contributed by atoms with van der Waals surface area (Å²) in [5, 5.41) is 8.92. The molecule has 0 spiro atoms. The Morgan fingerprint density at radius 3 is 2.65 bits per heavy atom. The number of thioether (sulfide) groups is 1. The van der Waals surface area contributed by atoms with Crippen molar-refractivity contribution in [3.05, 3.63) is 29.8 Å². The molecule has 1 aromatic carbocycles. The second-order valence-corrected chi connectivity index (χ2v) is 5.48. The van der Waals surface area contributed by atoms with Crippen molar-refractivity contribution in [1.82, 2.24) is 4.90 Å². The summed E-state index contributed by atoms with van der Waals surface area (Å²) < 4.78 is 24.9. The average molecular weight is 301 g/mol. The van der Waals surface area contributed by atoms with Crippen molar-refractivity contribution < 1.29 is 23.5 Å². The van der Waals surface area contributed by atoms with Crippen LogP contribution in [-0.2, 0) is 4.79 Å². The van der Waals surface area contributed by atoms with Gasteiger partial charge in [0.2, 0.25) is 0 Å². The molecule has 0 aliphatic carbocycles. The van der Waals surface area contributed by atoms with E-state index in [4.69, 9.17) is 5.11 Å². The standard InChI is InChI=1S/C13H13F2NO3S/c14-13(15)20-10-4-2-1-3-9(10)11(17)16-6-5-8(7-16)12(18)19/h1-4,8,13H,5-7H2,(H,18,19). The summed E-state index contributed by atoms with van der Waals surface area (Å²) in [4.78, 5) is 24.8. The fourth-order valence-corrected chi connectivity index (χ4v) is 2.79. The van der Waals surface area contributed by atoms with E-state index in [-0.39, 0.29) is 17.0 Å². The van der Waals surface area contributed by atoms with E-state index in [1.54, 1.807) is 12.1 Å². The number of hydrogen-bond donors (Lipinski definition) is 1. The molecule has 1 aliphatic heterocycles. The Kier molecular flexibility index (Phi) is 4.59. The van der Waals surface area contributed by atoms with E-state index in [0.29, 0.717) is 24.7 Å². The molecule has 1 saturated heterocycles. The minimum atomic E-state index is -2.60. The molecule has 0 bridgehead atoms. The van der Waals surface area contributed by atoms with Crippen molar-refractivity contribution in [3.8, 4) is 0 Å². The molecule has 20 heavy (non-hydrogen) atoms. The van der Waals surface area contributed by atoms with Crippen molar-refractivity contribution in [2.45, 2.75) is 17.1 Å². The van der Waals surface area contributed by atoms with Crippen LogP contribution < -0.4 is 0 Å². The fourth-order valence-electron chi connectivity index (χ4n) is 2.16. The van der Waals surface area contributed by atoms with Crippen LogP contribution in [0.15, 0.2) is 29.2 Å². The average Bonchev–Trinajstić information content (AvgIpc) is 2.87. The van der Waals surface area contributed by atoms with Gasteiger partial charge in [0, 0.05) is 18.0 Å². The zero-order valence-corrected chi connectivity index (χ0v) is 11.3. The number of benzene rings is 1.